The zero-order valence-corrected chi connectivity index (χ0v) is 20.2. The minimum Gasteiger partial charge on any atom is -0.375 e. The summed E-state index contributed by atoms with van der Waals surface area (Å²) >= 11 is 8.60. The fourth-order valence-corrected chi connectivity index (χ4v) is 5.19. The first-order chi connectivity index (χ1) is 14.9. The van der Waals surface area contributed by atoms with E-state index in [9.17, 15) is 9.18 Å². The number of hydrogen-bond donors (Lipinski definition) is 3. The van der Waals surface area contributed by atoms with Crippen molar-refractivity contribution in [2.75, 3.05) is 26.9 Å². The summed E-state index contributed by atoms with van der Waals surface area (Å²) in [4.78, 5) is 20.3. The molecule has 1 aliphatic rings. The number of carbonyl (C=O) groups is 1. The van der Waals surface area contributed by atoms with Gasteiger partial charge in [0.1, 0.15) is 24.1 Å². The first-order valence-electron chi connectivity index (χ1n) is 9.09. The van der Waals surface area contributed by atoms with E-state index < -0.39 is 32.7 Å². The van der Waals surface area contributed by atoms with Crippen molar-refractivity contribution in [2.45, 2.75) is 25.4 Å². The number of thiol groups is 2. The van der Waals surface area contributed by atoms with Crippen LogP contribution in [0.3, 0.4) is 0 Å². The maximum absolute atomic E-state index is 13.7. The third kappa shape index (κ3) is 6.86. The Labute approximate surface area is 190 Å². The number of carbonyl (C=O) groups excluding carboxylic acids is 1. The number of imidazole rings is 1. The number of halogens is 1. The second-order valence-electron chi connectivity index (χ2n) is 6.36. The summed E-state index contributed by atoms with van der Waals surface area (Å²) < 4.78 is 42.2. The van der Waals surface area contributed by atoms with Gasteiger partial charge in [0.25, 0.3) is 0 Å². The van der Waals surface area contributed by atoms with Crippen molar-refractivity contribution in [3.05, 3.63) is 23.7 Å². The average Bonchev–Trinajstić information content (AvgIpc) is 3.29. The van der Waals surface area contributed by atoms with Crippen LogP contribution < -0.4 is 5.73 Å². The topological polar surface area (TPSA) is 120 Å². The largest absolute Gasteiger partial charge is 0.375 e. The van der Waals surface area contributed by atoms with E-state index in [4.69, 9.17) is 28.8 Å². The van der Waals surface area contributed by atoms with Gasteiger partial charge in [0.05, 0.1) is 38.3 Å². The van der Waals surface area contributed by atoms with Crippen LogP contribution in [-0.2, 0) is 36.2 Å². The highest BCUT2D eigenvalue weighted by Gasteiger charge is 2.31. The second kappa shape index (κ2) is 11.9. The number of pyridine rings is 1. The fraction of sp³-hybridized carbons (Fsp3) is 0.500. The van der Waals surface area contributed by atoms with Gasteiger partial charge in [0.15, 0.2) is 11.8 Å². The van der Waals surface area contributed by atoms with Crippen LogP contribution in [0.1, 0.15) is 16.2 Å². The molecule has 1 aliphatic heterocycles. The molecule has 3 heterocycles. The number of hydrogen-bond acceptors (Lipinski definition) is 10. The van der Waals surface area contributed by atoms with Crippen LogP contribution in [0.5, 0.6) is 0 Å². The lowest BCUT2D eigenvalue weighted by Crippen LogP contribution is -2.21. The molecule has 1 amide bonds. The van der Waals surface area contributed by atoms with Gasteiger partial charge in [0.2, 0.25) is 13.5 Å². The van der Waals surface area contributed by atoms with Crippen LogP contribution in [0.25, 0.3) is 11.2 Å². The van der Waals surface area contributed by atoms with E-state index in [1.807, 2.05) is 0 Å². The Kier molecular flexibility index (Phi) is 9.57. The minimum absolute atomic E-state index is 0.000343. The van der Waals surface area contributed by atoms with Gasteiger partial charge >= 0.3 is 0 Å². The molecular weight excluding hydrogens is 489 g/mol. The molecule has 3 unspecified atom stereocenters. The maximum atomic E-state index is 13.7. The van der Waals surface area contributed by atoms with Crippen molar-refractivity contribution < 1.29 is 32.2 Å². The molecule has 0 aromatic carbocycles. The number of methoxy groups -OCH3 is 1. The number of nitrogens with two attached hydrogens (primary N) is 1. The number of nitrogens with zero attached hydrogens (tertiary/aromatic N) is 3. The predicted molar refractivity (Wildman–Crippen MR) is 124 cm³/mol. The number of alkyl halides is 1. The van der Waals surface area contributed by atoms with E-state index in [0.29, 0.717) is 30.1 Å². The summed E-state index contributed by atoms with van der Waals surface area (Å²) in [5.74, 6) is 1.45. The van der Waals surface area contributed by atoms with Gasteiger partial charge in [-0.2, -0.15) is 0 Å². The molecule has 0 saturated carbocycles. The highest BCUT2D eigenvalue weighted by Crippen LogP contribution is 2.46. The zero-order valence-electron chi connectivity index (χ0n) is 16.5. The Morgan fingerprint density at radius 2 is 2.35 bits per heavy atom. The van der Waals surface area contributed by atoms with Crippen molar-refractivity contribution in [2.24, 2.45) is 5.73 Å². The van der Waals surface area contributed by atoms with Crippen molar-refractivity contribution in [1.29, 1.82) is 0 Å². The van der Waals surface area contributed by atoms with E-state index in [1.54, 1.807) is 10.6 Å². The number of amides is 1. The molecule has 2 aromatic heterocycles. The summed E-state index contributed by atoms with van der Waals surface area (Å²) in [6.45, 7) is -0.579. The number of ether oxygens (including phenoxy) is 2. The molecule has 0 bridgehead atoms. The lowest BCUT2D eigenvalue weighted by molar-refractivity contribution is 0.1000. The maximum Gasteiger partial charge on any atom is 0.250 e. The third-order valence-corrected chi connectivity index (χ3v) is 7.30. The van der Waals surface area contributed by atoms with Crippen molar-refractivity contribution in [3.8, 4) is 0 Å². The average molecular weight is 512 g/mol. The van der Waals surface area contributed by atoms with Crippen molar-refractivity contribution in [1.82, 2.24) is 14.5 Å². The quantitative estimate of drug-likeness (QED) is 0.310. The molecule has 31 heavy (non-hydrogen) atoms. The lowest BCUT2D eigenvalue weighted by atomic mass is 10.2. The van der Waals surface area contributed by atoms with Gasteiger partial charge in [-0.15, -0.1) is 12.2 Å². The molecule has 172 valence electrons. The van der Waals surface area contributed by atoms with Gasteiger partial charge in [-0.05, 0) is 6.07 Å². The molecule has 1 fully saturated rings. The first kappa shape index (κ1) is 24.9. The van der Waals surface area contributed by atoms with E-state index in [2.05, 4.69) is 34.5 Å². The van der Waals surface area contributed by atoms with E-state index >= 15 is 0 Å². The highest BCUT2D eigenvalue weighted by molar-refractivity contribution is 8.42. The predicted octanol–water partition coefficient (Wildman–Crippen LogP) is 2.35. The van der Waals surface area contributed by atoms with Crippen LogP contribution in [0.15, 0.2) is 12.3 Å². The highest BCUT2D eigenvalue weighted by atomic mass is 32.7. The van der Waals surface area contributed by atoms with Gasteiger partial charge in [0, 0.05) is 19.9 Å². The smallest absolute Gasteiger partial charge is 0.250 e. The molecule has 1 saturated heterocycles. The Bertz CT molecular complexity index is 952. The molecule has 15 heteroatoms. The Hall–Kier alpha value is -0.750. The molecule has 0 spiro atoms. The SMILES string of the molecule is CO/C=[PH](/S)OCCn1c(COP(S)OC2COC[C@H]2F)nc2cc(C(N)=O)cnc21. The molecule has 4 atom stereocenters. The van der Waals surface area contributed by atoms with E-state index in [-0.39, 0.29) is 25.4 Å². The van der Waals surface area contributed by atoms with Gasteiger partial charge in [-0.3, -0.25) is 4.79 Å². The first-order valence-corrected chi connectivity index (χ1v) is 14.2. The van der Waals surface area contributed by atoms with Crippen LogP contribution in [-0.4, -0.2) is 65.6 Å². The molecule has 2 N–H and O–H groups in total. The molecular formula is C16H23FN4O6P2S2. The molecule has 0 aliphatic carbocycles. The van der Waals surface area contributed by atoms with Crippen molar-refractivity contribution in [3.63, 3.8) is 0 Å². The number of fused-ring (bicyclic) bond motifs is 1. The van der Waals surface area contributed by atoms with Crippen LogP contribution >= 0.6 is 39.0 Å². The molecule has 2 aromatic rings. The number of primary amides is 1. The van der Waals surface area contributed by atoms with Gasteiger partial charge in [-0.1, -0.05) is 12.2 Å². The summed E-state index contributed by atoms with van der Waals surface area (Å²) in [7, 11) is -0.130. The van der Waals surface area contributed by atoms with Crippen LogP contribution in [0.4, 0.5) is 4.39 Å². The lowest BCUT2D eigenvalue weighted by Gasteiger charge is -2.17. The number of aromatic nitrogens is 3. The Balaban J connectivity index is 1.73. The summed E-state index contributed by atoms with van der Waals surface area (Å²) in [6, 6.07) is 1.56. The molecule has 3 rings (SSSR count). The fourth-order valence-electron chi connectivity index (χ4n) is 2.78. The minimum atomic E-state index is -1.66. The van der Waals surface area contributed by atoms with Gasteiger partial charge in [-0.25, -0.2) is 14.4 Å². The van der Waals surface area contributed by atoms with Crippen LogP contribution in [0, 0.1) is 0 Å². The Morgan fingerprint density at radius 3 is 3.03 bits per heavy atom. The molecule has 10 nitrogen and oxygen atoms in total. The van der Waals surface area contributed by atoms with Gasteiger partial charge < -0.3 is 33.3 Å². The standard InChI is InChI=1S/C16H23FN4O6P2S2/c1-23-9-28(30)25-3-2-21-14(8-26-29(31)27-13-7-24-6-11(13)17)20-12-4-10(15(18)22)5-19-16(12)21/h4-5,9,11,13,28,30-31H,2-3,6-8H2,1H3,(H2,18,22)/t11-,13?,29?/m1/s1. The summed E-state index contributed by atoms with van der Waals surface area (Å²) in [5.41, 5.74) is 6.59. The second-order valence-corrected chi connectivity index (χ2v) is 10.8. The van der Waals surface area contributed by atoms with E-state index in [1.165, 1.54) is 19.3 Å². The summed E-state index contributed by atoms with van der Waals surface area (Å²) in [6.07, 6.45) is -0.527. The number of rotatable bonds is 11. The monoisotopic (exact) mass is 512 g/mol. The van der Waals surface area contributed by atoms with Crippen molar-refractivity contribution >= 4 is 62.1 Å². The van der Waals surface area contributed by atoms with Crippen LogP contribution in [0.2, 0.25) is 0 Å². The normalized spacial score (nSPS) is 21.0. The third-order valence-electron chi connectivity index (χ3n) is 4.22. The summed E-state index contributed by atoms with van der Waals surface area (Å²) in [5, 5.41) is 0. The Morgan fingerprint density at radius 1 is 1.55 bits per heavy atom. The molecule has 0 radical (unpaired) electrons. The zero-order chi connectivity index (χ0) is 22.4. The van der Waals surface area contributed by atoms with E-state index in [0.717, 1.165) is 0 Å².